The van der Waals surface area contributed by atoms with Crippen molar-refractivity contribution >= 4 is 28.3 Å². The second kappa shape index (κ2) is 7.99. The molecule has 0 unspecified atom stereocenters. The predicted molar refractivity (Wildman–Crippen MR) is 103 cm³/mol. The monoisotopic (exact) mass is 372 g/mol. The number of nitrogens with one attached hydrogen (secondary N) is 2. The number of urea groups is 1. The van der Waals surface area contributed by atoms with E-state index in [1.165, 1.54) is 49.9 Å². The summed E-state index contributed by atoms with van der Waals surface area (Å²) < 4.78 is 0. The zero-order valence-electron chi connectivity index (χ0n) is 14.8. The van der Waals surface area contributed by atoms with Crippen LogP contribution in [0.4, 0.5) is 15.7 Å². The molecule has 138 valence electrons. The Bertz CT molecular complexity index is 734. The van der Waals surface area contributed by atoms with Crippen molar-refractivity contribution in [3.05, 3.63) is 28.9 Å². The standard InChI is InChI=1S/C18H24N6OS/c25-17(21-18-23-22-16(26-18)14-6-7-14)20-12-13-5-8-15(19-11-13)24-9-3-1-2-4-10-24/h5,8,11,14H,1-4,6-7,9-10,12H2,(H2,20,21,23,25). The van der Waals surface area contributed by atoms with Gasteiger partial charge in [-0.1, -0.05) is 30.2 Å². The van der Waals surface area contributed by atoms with Crippen LogP contribution in [0.2, 0.25) is 0 Å². The molecular formula is C18H24N6OS. The minimum Gasteiger partial charge on any atom is -0.357 e. The van der Waals surface area contributed by atoms with Crippen molar-refractivity contribution in [3.63, 3.8) is 0 Å². The molecule has 0 radical (unpaired) electrons. The van der Waals surface area contributed by atoms with Crippen LogP contribution in [-0.2, 0) is 6.54 Å². The van der Waals surface area contributed by atoms with Gasteiger partial charge in [0, 0.05) is 31.7 Å². The highest BCUT2D eigenvalue weighted by Gasteiger charge is 2.27. The summed E-state index contributed by atoms with van der Waals surface area (Å²) in [6.45, 7) is 2.60. The fraction of sp³-hybridized carbons (Fsp3) is 0.556. The van der Waals surface area contributed by atoms with Crippen LogP contribution in [0, 0.1) is 0 Å². The molecule has 4 rings (SSSR count). The molecule has 7 nitrogen and oxygen atoms in total. The maximum absolute atomic E-state index is 12.0. The van der Waals surface area contributed by atoms with E-state index in [2.05, 4.69) is 30.7 Å². The van der Waals surface area contributed by atoms with E-state index in [4.69, 9.17) is 0 Å². The average Bonchev–Trinajstić information content (AvgIpc) is 3.46. The normalized spacial score (nSPS) is 17.6. The highest BCUT2D eigenvalue weighted by atomic mass is 32.1. The minimum absolute atomic E-state index is 0.264. The van der Waals surface area contributed by atoms with Crippen molar-refractivity contribution in [1.82, 2.24) is 20.5 Å². The lowest BCUT2D eigenvalue weighted by atomic mass is 10.2. The molecule has 0 aromatic carbocycles. The first kappa shape index (κ1) is 17.2. The van der Waals surface area contributed by atoms with Crippen molar-refractivity contribution in [2.75, 3.05) is 23.3 Å². The van der Waals surface area contributed by atoms with Crippen LogP contribution < -0.4 is 15.5 Å². The number of pyridine rings is 1. The molecule has 0 atom stereocenters. The number of rotatable bonds is 5. The zero-order chi connectivity index (χ0) is 17.8. The zero-order valence-corrected chi connectivity index (χ0v) is 15.6. The van der Waals surface area contributed by atoms with Gasteiger partial charge in [0.25, 0.3) is 0 Å². The second-order valence-electron chi connectivity index (χ2n) is 6.95. The minimum atomic E-state index is -0.264. The molecule has 1 aliphatic heterocycles. The first-order valence-electron chi connectivity index (χ1n) is 9.36. The summed E-state index contributed by atoms with van der Waals surface area (Å²) in [7, 11) is 0. The third-order valence-corrected chi connectivity index (χ3v) is 5.78. The van der Waals surface area contributed by atoms with Gasteiger partial charge in [0.1, 0.15) is 10.8 Å². The van der Waals surface area contributed by atoms with Crippen LogP contribution in [0.25, 0.3) is 0 Å². The van der Waals surface area contributed by atoms with Gasteiger partial charge in [0.15, 0.2) is 0 Å². The number of carbonyl (C=O) groups excluding carboxylic acids is 1. The molecule has 1 saturated heterocycles. The molecule has 2 aromatic rings. The van der Waals surface area contributed by atoms with E-state index < -0.39 is 0 Å². The fourth-order valence-electron chi connectivity index (χ4n) is 3.11. The van der Waals surface area contributed by atoms with Crippen molar-refractivity contribution < 1.29 is 4.79 Å². The van der Waals surface area contributed by atoms with Crippen LogP contribution in [0.3, 0.4) is 0 Å². The molecule has 2 amide bonds. The molecule has 2 fully saturated rings. The summed E-state index contributed by atoms with van der Waals surface area (Å²) in [5, 5.41) is 15.3. The van der Waals surface area contributed by atoms with Gasteiger partial charge in [0.2, 0.25) is 5.13 Å². The molecule has 2 aromatic heterocycles. The quantitative estimate of drug-likeness (QED) is 0.839. The third kappa shape index (κ3) is 4.49. The van der Waals surface area contributed by atoms with Gasteiger partial charge in [-0.3, -0.25) is 5.32 Å². The van der Waals surface area contributed by atoms with Crippen molar-refractivity contribution in [2.45, 2.75) is 51.0 Å². The first-order chi connectivity index (χ1) is 12.8. The highest BCUT2D eigenvalue weighted by Crippen LogP contribution is 2.41. The smallest absolute Gasteiger partial charge is 0.321 e. The summed E-state index contributed by atoms with van der Waals surface area (Å²) in [5.74, 6) is 1.58. The fourth-order valence-corrected chi connectivity index (χ4v) is 4.02. The Balaban J connectivity index is 1.26. The predicted octanol–water partition coefficient (Wildman–Crippen LogP) is 3.51. The first-order valence-corrected chi connectivity index (χ1v) is 10.2. The van der Waals surface area contributed by atoms with E-state index in [1.807, 2.05) is 18.3 Å². The number of anilines is 2. The Kier molecular flexibility index (Phi) is 5.29. The lowest BCUT2D eigenvalue weighted by Gasteiger charge is -2.21. The molecule has 8 heteroatoms. The van der Waals surface area contributed by atoms with Crippen molar-refractivity contribution in [3.8, 4) is 0 Å². The number of nitrogens with zero attached hydrogens (tertiary/aromatic N) is 4. The Labute approximate surface area is 157 Å². The highest BCUT2D eigenvalue weighted by molar-refractivity contribution is 7.15. The topological polar surface area (TPSA) is 83.0 Å². The Morgan fingerprint density at radius 1 is 1.15 bits per heavy atom. The number of aromatic nitrogens is 3. The second-order valence-corrected chi connectivity index (χ2v) is 7.96. The molecular weight excluding hydrogens is 348 g/mol. The number of carbonyl (C=O) groups is 1. The van der Waals surface area contributed by atoms with Gasteiger partial charge in [-0.2, -0.15) is 0 Å². The van der Waals surface area contributed by atoms with Crippen LogP contribution >= 0.6 is 11.3 Å². The van der Waals surface area contributed by atoms with E-state index in [-0.39, 0.29) is 6.03 Å². The van der Waals surface area contributed by atoms with E-state index in [9.17, 15) is 4.79 Å². The van der Waals surface area contributed by atoms with Crippen LogP contribution in [0.1, 0.15) is 55.0 Å². The Morgan fingerprint density at radius 2 is 1.96 bits per heavy atom. The van der Waals surface area contributed by atoms with E-state index in [0.29, 0.717) is 17.6 Å². The maximum Gasteiger partial charge on any atom is 0.321 e. The van der Waals surface area contributed by atoms with E-state index >= 15 is 0 Å². The number of amides is 2. The van der Waals surface area contributed by atoms with Gasteiger partial charge in [0.05, 0.1) is 0 Å². The van der Waals surface area contributed by atoms with Gasteiger partial charge >= 0.3 is 6.03 Å². The summed E-state index contributed by atoms with van der Waals surface area (Å²) in [6, 6.07) is 3.82. The molecule has 2 N–H and O–H groups in total. The van der Waals surface area contributed by atoms with Crippen LogP contribution in [-0.4, -0.2) is 34.3 Å². The molecule has 3 heterocycles. The SMILES string of the molecule is O=C(NCc1ccc(N2CCCCCC2)nc1)Nc1nnc(C2CC2)s1. The van der Waals surface area contributed by atoms with Gasteiger partial charge < -0.3 is 10.2 Å². The number of hydrogen-bond acceptors (Lipinski definition) is 6. The molecule has 1 saturated carbocycles. The van der Waals surface area contributed by atoms with Crippen molar-refractivity contribution in [1.29, 1.82) is 0 Å². The Morgan fingerprint density at radius 3 is 2.65 bits per heavy atom. The summed E-state index contributed by atoms with van der Waals surface area (Å²) in [6.07, 6.45) is 9.30. The average molecular weight is 372 g/mol. The molecule has 26 heavy (non-hydrogen) atoms. The molecule has 0 bridgehead atoms. The lowest BCUT2D eigenvalue weighted by molar-refractivity contribution is 0.251. The number of hydrogen-bond donors (Lipinski definition) is 2. The van der Waals surface area contributed by atoms with Crippen LogP contribution in [0.15, 0.2) is 18.3 Å². The Hall–Kier alpha value is -2.22. The maximum atomic E-state index is 12.0. The summed E-state index contributed by atoms with van der Waals surface area (Å²) in [4.78, 5) is 18.9. The van der Waals surface area contributed by atoms with Crippen molar-refractivity contribution in [2.24, 2.45) is 0 Å². The van der Waals surface area contributed by atoms with Gasteiger partial charge in [-0.15, -0.1) is 10.2 Å². The van der Waals surface area contributed by atoms with Crippen LogP contribution in [0.5, 0.6) is 0 Å². The largest absolute Gasteiger partial charge is 0.357 e. The third-order valence-electron chi connectivity index (χ3n) is 4.78. The van der Waals surface area contributed by atoms with Gasteiger partial charge in [-0.05, 0) is 37.3 Å². The summed E-state index contributed by atoms with van der Waals surface area (Å²) in [5.41, 5.74) is 0.981. The molecule has 1 aliphatic carbocycles. The molecule has 2 aliphatic rings. The van der Waals surface area contributed by atoms with E-state index in [0.717, 1.165) is 29.5 Å². The molecule has 0 spiro atoms. The van der Waals surface area contributed by atoms with Gasteiger partial charge in [-0.25, -0.2) is 9.78 Å². The lowest BCUT2D eigenvalue weighted by Crippen LogP contribution is -2.28. The summed E-state index contributed by atoms with van der Waals surface area (Å²) >= 11 is 1.46. The van der Waals surface area contributed by atoms with E-state index in [1.54, 1.807) is 0 Å².